The van der Waals surface area contributed by atoms with E-state index in [-0.39, 0.29) is 17.9 Å². The average molecular weight is 410 g/mol. The van der Waals surface area contributed by atoms with Crippen LogP contribution < -0.4 is 10.6 Å². The van der Waals surface area contributed by atoms with E-state index < -0.39 is 6.04 Å². The van der Waals surface area contributed by atoms with Crippen molar-refractivity contribution < 1.29 is 9.59 Å². The van der Waals surface area contributed by atoms with E-state index >= 15 is 0 Å². The average Bonchev–Trinajstić information content (AvgIpc) is 2.55. The minimum Gasteiger partial charge on any atom is -0.348 e. The summed E-state index contributed by atoms with van der Waals surface area (Å²) >= 11 is 9.37. The number of hydrogen-bond donors (Lipinski definition) is 2. The molecule has 0 spiro atoms. The molecule has 0 heterocycles. The third-order valence-electron chi connectivity index (χ3n) is 3.59. The molecule has 0 saturated heterocycles. The second-order valence-corrected chi connectivity index (χ2v) is 6.78. The lowest BCUT2D eigenvalue weighted by Crippen LogP contribution is -2.45. The van der Waals surface area contributed by atoms with E-state index in [1.165, 1.54) is 0 Å². The summed E-state index contributed by atoms with van der Waals surface area (Å²) in [5.41, 5.74) is 1.33. The maximum atomic E-state index is 12.3. The molecule has 6 heteroatoms. The van der Waals surface area contributed by atoms with Crippen LogP contribution in [0.25, 0.3) is 0 Å². The van der Waals surface area contributed by atoms with Gasteiger partial charge >= 0.3 is 0 Å². The third kappa shape index (κ3) is 4.82. The van der Waals surface area contributed by atoms with E-state index in [2.05, 4.69) is 26.6 Å². The summed E-state index contributed by atoms with van der Waals surface area (Å²) in [5, 5.41) is 5.90. The smallest absolute Gasteiger partial charge is 0.253 e. The van der Waals surface area contributed by atoms with Gasteiger partial charge in [-0.3, -0.25) is 9.59 Å². The molecule has 0 radical (unpaired) electrons. The number of amides is 2. The number of rotatable bonds is 5. The highest BCUT2D eigenvalue weighted by atomic mass is 79.9. The summed E-state index contributed by atoms with van der Waals surface area (Å²) in [6.07, 6.45) is 0. The van der Waals surface area contributed by atoms with Crippen LogP contribution in [0, 0.1) is 0 Å². The van der Waals surface area contributed by atoms with Crippen molar-refractivity contribution in [2.75, 3.05) is 0 Å². The van der Waals surface area contributed by atoms with Crippen molar-refractivity contribution in [3.8, 4) is 0 Å². The van der Waals surface area contributed by atoms with Crippen molar-refractivity contribution in [2.45, 2.75) is 25.9 Å². The van der Waals surface area contributed by atoms with Crippen LogP contribution in [0.1, 0.15) is 35.8 Å². The second kappa shape index (κ2) is 8.31. The van der Waals surface area contributed by atoms with Gasteiger partial charge in [-0.15, -0.1) is 0 Å². The molecular weight excluding hydrogens is 392 g/mol. The Morgan fingerprint density at radius 3 is 2.25 bits per heavy atom. The fourth-order valence-electron chi connectivity index (χ4n) is 2.16. The van der Waals surface area contributed by atoms with E-state index in [1.807, 2.05) is 31.2 Å². The zero-order valence-electron chi connectivity index (χ0n) is 13.3. The standard InChI is InChI=1S/C18H18BrClN2O2/c1-11(13-7-9-14(19)10-8-13)21-17(23)12(2)22-18(24)15-5-3-4-6-16(15)20/h3-12H,1-2H3,(H,21,23)(H,22,24). The van der Waals surface area contributed by atoms with Gasteiger partial charge in [-0.1, -0.05) is 51.8 Å². The summed E-state index contributed by atoms with van der Waals surface area (Å²) in [6, 6.07) is 13.6. The number of halogens is 2. The molecule has 0 fully saturated rings. The highest BCUT2D eigenvalue weighted by Crippen LogP contribution is 2.17. The summed E-state index contributed by atoms with van der Waals surface area (Å²) in [5.74, 6) is -0.634. The Balaban J connectivity index is 1.95. The van der Waals surface area contributed by atoms with Crippen LogP contribution in [0.4, 0.5) is 0 Å². The second-order valence-electron chi connectivity index (χ2n) is 5.46. The van der Waals surface area contributed by atoms with Gasteiger partial charge in [0.25, 0.3) is 5.91 Å². The first kappa shape index (κ1) is 18.5. The van der Waals surface area contributed by atoms with Crippen molar-refractivity contribution in [2.24, 2.45) is 0 Å². The molecule has 0 aliphatic carbocycles. The van der Waals surface area contributed by atoms with Gasteiger partial charge < -0.3 is 10.6 Å². The number of hydrogen-bond acceptors (Lipinski definition) is 2. The monoisotopic (exact) mass is 408 g/mol. The lowest BCUT2D eigenvalue weighted by Gasteiger charge is -2.19. The maximum Gasteiger partial charge on any atom is 0.253 e. The highest BCUT2D eigenvalue weighted by Gasteiger charge is 2.19. The molecular formula is C18H18BrClN2O2. The zero-order valence-corrected chi connectivity index (χ0v) is 15.7. The molecule has 2 amide bonds. The molecule has 0 aliphatic heterocycles. The molecule has 2 unspecified atom stereocenters. The molecule has 24 heavy (non-hydrogen) atoms. The SMILES string of the molecule is CC(NC(=O)c1ccccc1Cl)C(=O)NC(C)c1ccc(Br)cc1. The van der Waals surface area contributed by atoms with Crippen molar-refractivity contribution >= 4 is 39.3 Å². The fraction of sp³-hybridized carbons (Fsp3) is 0.222. The van der Waals surface area contributed by atoms with Gasteiger partial charge in [0.05, 0.1) is 16.6 Å². The molecule has 0 saturated carbocycles. The van der Waals surface area contributed by atoms with Gasteiger partial charge in [-0.2, -0.15) is 0 Å². The Hall–Kier alpha value is -1.85. The minimum absolute atomic E-state index is 0.162. The summed E-state index contributed by atoms with van der Waals surface area (Å²) < 4.78 is 0.977. The molecule has 126 valence electrons. The van der Waals surface area contributed by atoms with Crippen LogP contribution in [0.5, 0.6) is 0 Å². The van der Waals surface area contributed by atoms with E-state index in [9.17, 15) is 9.59 Å². The number of carbonyl (C=O) groups excluding carboxylic acids is 2. The molecule has 4 nitrogen and oxygen atoms in total. The Morgan fingerprint density at radius 1 is 1.00 bits per heavy atom. The predicted molar refractivity (Wildman–Crippen MR) is 99.1 cm³/mol. The van der Waals surface area contributed by atoms with Crippen molar-refractivity contribution in [1.29, 1.82) is 0 Å². The first-order valence-electron chi connectivity index (χ1n) is 7.49. The first-order chi connectivity index (χ1) is 11.4. The summed E-state index contributed by atoms with van der Waals surface area (Å²) in [4.78, 5) is 24.5. The largest absolute Gasteiger partial charge is 0.348 e. The molecule has 0 bridgehead atoms. The van der Waals surface area contributed by atoms with Crippen molar-refractivity contribution in [3.63, 3.8) is 0 Å². The first-order valence-corrected chi connectivity index (χ1v) is 8.67. The fourth-order valence-corrected chi connectivity index (χ4v) is 2.64. The molecule has 0 aromatic heterocycles. The molecule has 0 aliphatic rings. The Labute approximate surface area is 154 Å². The Morgan fingerprint density at radius 2 is 1.62 bits per heavy atom. The van der Waals surface area contributed by atoms with Gasteiger partial charge in [0, 0.05) is 4.47 Å². The summed E-state index contributed by atoms with van der Waals surface area (Å²) in [6.45, 7) is 3.53. The van der Waals surface area contributed by atoms with Crippen LogP contribution in [-0.2, 0) is 4.79 Å². The topological polar surface area (TPSA) is 58.2 Å². The summed E-state index contributed by atoms with van der Waals surface area (Å²) in [7, 11) is 0. The molecule has 2 aromatic rings. The normalized spacial score (nSPS) is 13.0. The number of benzene rings is 2. The Bertz CT molecular complexity index is 734. The van der Waals surface area contributed by atoms with Crippen LogP contribution in [0.3, 0.4) is 0 Å². The van der Waals surface area contributed by atoms with Crippen molar-refractivity contribution in [1.82, 2.24) is 10.6 Å². The van der Waals surface area contributed by atoms with Crippen LogP contribution in [0.15, 0.2) is 53.0 Å². The highest BCUT2D eigenvalue weighted by molar-refractivity contribution is 9.10. The number of carbonyl (C=O) groups is 2. The van der Waals surface area contributed by atoms with Crippen LogP contribution in [0.2, 0.25) is 5.02 Å². The van der Waals surface area contributed by atoms with Crippen molar-refractivity contribution in [3.05, 3.63) is 69.2 Å². The van der Waals surface area contributed by atoms with Gasteiger partial charge in [-0.25, -0.2) is 0 Å². The molecule has 2 rings (SSSR count). The third-order valence-corrected chi connectivity index (χ3v) is 4.45. The molecule has 2 aromatic carbocycles. The van der Waals surface area contributed by atoms with E-state index in [4.69, 9.17) is 11.6 Å². The quantitative estimate of drug-likeness (QED) is 0.781. The lowest BCUT2D eigenvalue weighted by molar-refractivity contribution is -0.123. The molecule has 2 atom stereocenters. The van der Waals surface area contributed by atoms with Crippen LogP contribution in [-0.4, -0.2) is 17.9 Å². The van der Waals surface area contributed by atoms with Crippen LogP contribution >= 0.6 is 27.5 Å². The predicted octanol–water partition coefficient (Wildman–Crippen LogP) is 4.10. The van der Waals surface area contributed by atoms with Gasteiger partial charge in [0.1, 0.15) is 6.04 Å². The number of nitrogens with one attached hydrogen (secondary N) is 2. The molecule has 2 N–H and O–H groups in total. The zero-order chi connectivity index (χ0) is 17.7. The minimum atomic E-state index is -0.674. The van der Waals surface area contributed by atoms with E-state index in [1.54, 1.807) is 31.2 Å². The van der Waals surface area contributed by atoms with Gasteiger partial charge in [-0.05, 0) is 43.7 Å². The van der Waals surface area contributed by atoms with Gasteiger partial charge in [0.2, 0.25) is 5.91 Å². The lowest BCUT2D eigenvalue weighted by atomic mass is 10.1. The maximum absolute atomic E-state index is 12.3. The van der Waals surface area contributed by atoms with Gasteiger partial charge in [0.15, 0.2) is 0 Å². The van der Waals surface area contributed by atoms with E-state index in [0.29, 0.717) is 10.6 Å². The van der Waals surface area contributed by atoms with E-state index in [0.717, 1.165) is 10.0 Å². The Kier molecular flexibility index (Phi) is 6.40.